The minimum Gasteiger partial charge on any atom is -0.356 e. The van der Waals surface area contributed by atoms with Gasteiger partial charge >= 0.3 is 0 Å². The van der Waals surface area contributed by atoms with Crippen LogP contribution in [-0.4, -0.2) is 29.0 Å². The molecule has 0 aromatic carbocycles. The molecule has 0 radical (unpaired) electrons. The molecule has 1 aromatic rings. The Morgan fingerprint density at radius 3 is 2.47 bits per heavy atom. The summed E-state index contributed by atoms with van der Waals surface area (Å²) in [6, 6.07) is 0. The van der Waals surface area contributed by atoms with Gasteiger partial charge in [0.1, 0.15) is 0 Å². The lowest BCUT2D eigenvalue weighted by molar-refractivity contribution is -0.128. The highest BCUT2D eigenvalue weighted by molar-refractivity contribution is 5.82. The number of nitrogens with one attached hydrogen (secondary N) is 2. The van der Waals surface area contributed by atoms with E-state index in [9.17, 15) is 4.79 Å². The second-order valence-corrected chi connectivity index (χ2v) is 4.68. The normalized spacial score (nSPS) is 11.1. The number of amides is 1. The lowest BCUT2D eigenvalue weighted by Crippen LogP contribution is -2.41. The summed E-state index contributed by atoms with van der Waals surface area (Å²) in [5.74, 6) is 0.576. The number of anilines is 1. The molecule has 5 heteroatoms. The lowest BCUT2D eigenvalue weighted by atomic mass is 9.92. The van der Waals surface area contributed by atoms with Crippen molar-refractivity contribution in [3.63, 3.8) is 0 Å². The summed E-state index contributed by atoms with van der Waals surface area (Å²) in [6.07, 6.45) is 3.49. The van der Waals surface area contributed by atoms with E-state index >= 15 is 0 Å². The third-order valence-electron chi connectivity index (χ3n) is 2.42. The SMILES string of the molecule is CCNC(=O)C(C)(C)CNc1ncc(C)cn1. The highest BCUT2D eigenvalue weighted by atomic mass is 16.2. The van der Waals surface area contributed by atoms with Crippen LogP contribution >= 0.6 is 0 Å². The number of carbonyl (C=O) groups excluding carboxylic acids is 1. The smallest absolute Gasteiger partial charge is 0.227 e. The van der Waals surface area contributed by atoms with E-state index in [-0.39, 0.29) is 5.91 Å². The van der Waals surface area contributed by atoms with Gasteiger partial charge in [-0.05, 0) is 33.3 Å². The van der Waals surface area contributed by atoms with Gasteiger partial charge in [-0.3, -0.25) is 4.79 Å². The van der Waals surface area contributed by atoms with E-state index in [1.54, 1.807) is 12.4 Å². The molecule has 1 heterocycles. The molecule has 17 heavy (non-hydrogen) atoms. The van der Waals surface area contributed by atoms with Gasteiger partial charge in [-0.25, -0.2) is 9.97 Å². The Morgan fingerprint density at radius 2 is 1.94 bits per heavy atom. The maximum Gasteiger partial charge on any atom is 0.227 e. The van der Waals surface area contributed by atoms with E-state index < -0.39 is 5.41 Å². The summed E-state index contributed by atoms with van der Waals surface area (Å²) in [5.41, 5.74) is 0.531. The number of hydrogen-bond donors (Lipinski definition) is 2. The second kappa shape index (κ2) is 5.61. The van der Waals surface area contributed by atoms with E-state index in [1.165, 1.54) is 0 Å². The first-order chi connectivity index (χ1) is 7.95. The van der Waals surface area contributed by atoms with Crippen LogP contribution in [0.3, 0.4) is 0 Å². The second-order valence-electron chi connectivity index (χ2n) is 4.68. The summed E-state index contributed by atoms with van der Waals surface area (Å²) in [7, 11) is 0. The van der Waals surface area contributed by atoms with Crippen LogP contribution < -0.4 is 10.6 Å². The molecule has 0 saturated carbocycles. The molecule has 0 unspecified atom stereocenters. The van der Waals surface area contributed by atoms with Crippen LogP contribution in [0.5, 0.6) is 0 Å². The predicted molar refractivity (Wildman–Crippen MR) is 67.7 cm³/mol. The van der Waals surface area contributed by atoms with Crippen LogP contribution in [0.1, 0.15) is 26.3 Å². The van der Waals surface area contributed by atoms with E-state index in [2.05, 4.69) is 20.6 Å². The van der Waals surface area contributed by atoms with Gasteiger partial charge in [0.25, 0.3) is 0 Å². The zero-order valence-corrected chi connectivity index (χ0v) is 10.9. The van der Waals surface area contributed by atoms with Crippen molar-refractivity contribution in [2.75, 3.05) is 18.4 Å². The summed E-state index contributed by atoms with van der Waals surface area (Å²) in [4.78, 5) is 20.0. The summed E-state index contributed by atoms with van der Waals surface area (Å²) < 4.78 is 0. The van der Waals surface area contributed by atoms with E-state index in [1.807, 2.05) is 27.7 Å². The van der Waals surface area contributed by atoms with Crippen molar-refractivity contribution < 1.29 is 4.79 Å². The quantitative estimate of drug-likeness (QED) is 0.810. The minimum atomic E-state index is -0.482. The molecular weight excluding hydrogens is 216 g/mol. The fraction of sp³-hybridized carbons (Fsp3) is 0.583. The molecule has 1 amide bonds. The maximum absolute atomic E-state index is 11.7. The zero-order chi connectivity index (χ0) is 12.9. The van der Waals surface area contributed by atoms with Crippen LogP contribution in [0, 0.1) is 12.3 Å². The molecule has 0 fully saturated rings. The maximum atomic E-state index is 11.7. The molecule has 0 atom stereocenters. The molecular formula is C12H20N4O. The lowest BCUT2D eigenvalue weighted by Gasteiger charge is -2.23. The first-order valence-electron chi connectivity index (χ1n) is 5.76. The monoisotopic (exact) mass is 236 g/mol. The van der Waals surface area contributed by atoms with Crippen LogP contribution in [0.2, 0.25) is 0 Å². The van der Waals surface area contributed by atoms with Crippen molar-refractivity contribution in [3.8, 4) is 0 Å². The third-order valence-corrected chi connectivity index (χ3v) is 2.42. The number of aromatic nitrogens is 2. The Morgan fingerprint density at radius 1 is 1.35 bits per heavy atom. The summed E-state index contributed by atoms with van der Waals surface area (Å²) >= 11 is 0. The number of carbonyl (C=O) groups is 1. The molecule has 0 saturated heterocycles. The Balaban J connectivity index is 2.54. The van der Waals surface area contributed by atoms with Crippen molar-refractivity contribution in [2.24, 2.45) is 5.41 Å². The average molecular weight is 236 g/mol. The van der Waals surface area contributed by atoms with Crippen molar-refractivity contribution in [1.29, 1.82) is 0 Å². The standard InChI is InChI=1S/C12H20N4O/c1-5-13-10(17)12(3,4)8-16-11-14-6-9(2)7-15-11/h6-7H,5,8H2,1-4H3,(H,13,17)(H,14,15,16). The number of rotatable bonds is 5. The molecule has 0 aliphatic carbocycles. The van der Waals surface area contributed by atoms with Gasteiger partial charge in [-0.15, -0.1) is 0 Å². The Kier molecular flexibility index (Phi) is 4.43. The first-order valence-corrected chi connectivity index (χ1v) is 5.76. The van der Waals surface area contributed by atoms with Gasteiger partial charge in [-0.1, -0.05) is 0 Å². The number of nitrogens with zero attached hydrogens (tertiary/aromatic N) is 2. The first kappa shape index (κ1) is 13.4. The molecule has 94 valence electrons. The topological polar surface area (TPSA) is 66.9 Å². The van der Waals surface area contributed by atoms with Gasteiger partial charge < -0.3 is 10.6 Å². The number of aryl methyl sites for hydroxylation is 1. The summed E-state index contributed by atoms with van der Waals surface area (Å²) in [6.45, 7) is 8.76. The fourth-order valence-corrected chi connectivity index (χ4v) is 1.26. The van der Waals surface area contributed by atoms with Crippen molar-refractivity contribution in [1.82, 2.24) is 15.3 Å². The fourth-order valence-electron chi connectivity index (χ4n) is 1.26. The Hall–Kier alpha value is -1.65. The average Bonchev–Trinajstić information content (AvgIpc) is 2.29. The van der Waals surface area contributed by atoms with Crippen molar-refractivity contribution >= 4 is 11.9 Å². The molecule has 1 rings (SSSR count). The molecule has 2 N–H and O–H groups in total. The molecule has 0 spiro atoms. The van der Waals surface area contributed by atoms with Gasteiger partial charge in [0.05, 0.1) is 5.41 Å². The van der Waals surface area contributed by atoms with Gasteiger partial charge in [0.15, 0.2) is 0 Å². The highest BCUT2D eigenvalue weighted by Gasteiger charge is 2.26. The highest BCUT2D eigenvalue weighted by Crippen LogP contribution is 2.15. The Bertz CT molecular complexity index is 373. The van der Waals surface area contributed by atoms with Crippen LogP contribution in [-0.2, 0) is 4.79 Å². The van der Waals surface area contributed by atoms with Crippen molar-refractivity contribution in [3.05, 3.63) is 18.0 Å². The van der Waals surface area contributed by atoms with Crippen molar-refractivity contribution in [2.45, 2.75) is 27.7 Å². The van der Waals surface area contributed by atoms with E-state index in [0.717, 1.165) is 5.56 Å². The van der Waals surface area contributed by atoms with Crippen LogP contribution in [0.25, 0.3) is 0 Å². The largest absolute Gasteiger partial charge is 0.356 e. The molecule has 0 bridgehead atoms. The summed E-state index contributed by atoms with van der Waals surface area (Å²) in [5, 5.41) is 5.88. The molecule has 5 nitrogen and oxygen atoms in total. The van der Waals surface area contributed by atoms with E-state index in [4.69, 9.17) is 0 Å². The Labute approximate surface area is 102 Å². The molecule has 1 aromatic heterocycles. The van der Waals surface area contributed by atoms with Crippen LogP contribution in [0.4, 0.5) is 5.95 Å². The minimum absolute atomic E-state index is 0.0274. The third kappa shape index (κ3) is 4.01. The van der Waals surface area contributed by atoms with E-state index in [0.29, 0.717) is 19.0 Å². The van der Waals surface area contributed by atoms with Gasteiger partial charge in [-0.2, -0.15) is 0 Å². The van der Waals surface area contributed by atoms with Gasteiger partial charge in [0.2, 0.25) is 11.9 Å². The number of hydrogen-bond acceptors (Lipinski definition) is 4. The van der Waals surface area contributed by atoms with Gasteiger partial charge in [0, 0.05) is 25.5 Å². The molecule has 0 aliphatic rings. The zero-order valence-electron chi connectivity index (χ0n) is 10.9. The predicted octanol–water partition coefficient (Wildman–Crippen LogP) is 1.36. The molecule has 0 aliphatic heterocycles. The van der Waals surface area contributed by atoms with Crippen LogP contribution in [0.15, 0.2) is 12.4 Å².